The molecule has 1 saturated carbocycles. The van der Waals surface area contributed by atoms with Crippen LogP contribution in [0.2, 0.25) is 0 Å². The standard InChI is InChI=1S/C27H43N3O4S/c1-8-10-19(4)28-24(31)23(21-15-17(2)13-14-18(21)3)30(20-11-9-12-20)25(32)22(16-35)29-26(33)34-27(5,6)7/h13-15,19-20,22-23,35H,8-12,16H2,1-7H3,(H,28,31)(H,29,33). The average molecular weight is 506 g/mol. The zero-order valence-electron chi connectivity index (χ0n) is 22.3. The molecule has 35 heavy (non-hydrogen) atoms. The minimum atomic E-state index is -0.915. The van der Waals surface area contributed by atoms with Crippen molar-refractivity contribution in [2.24, 2.45) is 0 Å². The Hall–Kier alpha value is -2.22. The van der Waals surface area contributed by atoms with Crippen LogP contribution in [0.4, 0.5) is 4.79 Å². The molecule has 0 aromatic heterocycles. The Morgan fingerprint density at radius 2 is 1.83 bits per heavy atom. The zero-order valence-corrected chi connectivity index (χ0v) is 23.2. The molecule has 0 spiro atoms. The van der Waals surface area contributed by atoms with Crippen LogP contribution in [0.1, 0.15) is 89.5 Å². The third-order valence-electron chi connectivity index (χ3n) is 6.26. The van der Waals surface area contributed by atoms with Crippen LogP contribution in [0.3, 0.4) is 0 Å². The highest BCUT2D eigenvalue weighted by Gasteiger charge is 2.42. The number of carbonyl (C=O) groups excluding carboxylic acids is 3. The molecule has 1 fully saturated rings. The SMILES string of the molecule is CCCC(C)NC(=O)C(c1cc(C)ccc1C)N(C(=O)C(CS)NC(=O)OC(C)(C)C)C1CCC1. The smallest absolute Gasteiger partial charge is 0.408 e. The Kier molecular flexibility index (Phi) is 10.5. The van der Waals surface area contributed by atoms with E-state index in [4.69, 9.17) is 4.74 Å². The van der Waals surface area contributed by atoms with Crippen molar-refractivity contribution in [2.45, 2.75) is 110 Å². The number of thiol groups is 1. The van der Waals surface area contributed by atoms with Gasteiger partial charge in [-0.1, -0.05) is 37.1 Å². The fourth-order valence-electron chi connectivity index (χ4n) is 4.30. The molecular formula is C27H43N3O4S. The van der Waals surface area contributed by atoms with Gasteiger partial charge in [0.1, 0.15) is 17.7 Å². The number of alkyl carbamates (subject to hydrolysis) is 1. The van der Waals surface area contributed by atoms with E-state index in [9.17, 15) is 14.4 Å². The van der Waals surface area contributed by atoms with Gasteiger partial charge in [0.05, 0.1) is 0 Å². The largest absolute Gasteiger partial charge is 0.444 e. The lowest BCUT2D eigenvalue weighted by molar-refractivity contribution is -0.147. The summed E-state index contributed by atoms with van der Waals surface area (Å²) >= 11 is 4.36. The number of amides is 3. The molecule has 7 nitrogen and oxygen atoms in total. The van der Waals surface area contributed by atoms with Crippen LogP contribution in [0.25, 0.3) is 0 Å². The second-order valence-corrected chi connectivity index (χ2v) is 11.0. The Bertz CT molecular complexity index is 895. The molecule has 0 bridgehead atoms. The van der Waals surface area contributed by atoms with Gasteiger partial charge in [0.15, 0.2) is 0 Å². The normalized spacial score (nSPS) is 16.5. The summed E-state index contributed by atoms with van der Waals surface area (Å²) in [5, 5.41) is 5.81. The molecule has 2 N–H and O–H groups in total. The van der Waals surface area contributed by atoms with E-state index in [0.717, 1.165) is 48.8 Å². The highest BCUT2D eigenvalue weighted by atomic mass is 32.1. The van der Waals surface area contributed by atoms with Gasteiger partial charge in [-0.2, -0.15) is 12.6 Å². The first-order valence-corrected chi connectivity index (χ1v) is 13.3. The van der Waals surface area contributed by atoms with E-state index in [1.807, 2.05) is 39.0 Å². The van der Waals surface area contributed by atoms with E-state index >= 15 is 0 Å². The Labute approximate surface area is 216 Å². The van der Waals surface area contributed by atoms with Crippen molar-refractivity contribution in [3.63, 3.8) is 0 Å². The molecule has 196 valence electrons. The lowest BCUT2D eigenvalue weighted by atomic mass is 9.87. The minimum Gasteiger partial charge on any atom is -0.444 e. The van der Waals surface area contributed by atoms with Gasteiger partial charge in [-0.25, -0.2) is 4.79 Å². The van der Waals surface area contributed by atoms with Crippen molar-refractivity contribution in [2.75, 3.05) is 5.75 Å². The van der Waals surface area contributed by atoms with Crippen LogP contribution < -0.4 is 10.6 Å². The fourth-order valence-corrected chi connectivity index (χ4v) is 4.54. The van der Waals surface area contributed by atoms with Crippen molar-refractivity contribution in [1.29, 1.82) is 0 Å². The van der Waals surface area contributed by atoms with Crippen LogP contribution in [0.5, 0.6) is 0 Å². The Balaban J connectivity index is 2.48. The summed E-state index contributed by atoms with van der Waals surface area (Å²) in [4.78, 5) is 41.9. The second kappa shape index (κ2) is 12.7. The first kappa shape index (κ1) is 29.0. The molecule has 0 aliphatic heterocycles. The maximum atomic E-state index is 14.0. The number of hydrogen-bond acceptors (Lipinski definition) is 5. The van der Waals surface area contributed by atoms with E-state index < -0.39 is 23.8 Å². The van der Waals surface area contributed by atoms with Crippen molar-refractivity contribution >= 4 is 30.5 Å². The van der Waals surface area contributed by atoms with E-state index in [0.29, 0.717) is 0 Å². The fraction of sp³-hybridized carbons (Fsp3) is 0.667. The van der Waals surface area contributed by atoms with Gasteiger partial charge >= 0.3 is 6.09 Å². The van der Waals surface area contributed by atoms with Crippen LogP contribution in [0.15, 0.2) is 18.2 Å². The van der Waals surface area contributed by atoms with Gasteiger partial charge < -0.3 is 20.3 Å². The third kappa shape index (κ3) is 8.16. The molecule has 3 atom stereocenters. The predicted octanol–water partition coefficient (Wildman–Crippen LogP) is 4.85. The molecule has 1 aliphatic carbocycles. The molecule has 2 rings (SSSR count). The molecule has 1 aliphatic rings. The summed E-state index contributed by atoms with van der Waals surface area (Å²) in [6.45, 7) is 13.3. The predicted molar refractivity (Wildman–Crippen MR) is 143 cm³/mol. The van der Waals surface area contributed by atoms with E-state index in [2.05, 4.69) is 30.2 Å². The van der Waals surface area contributed by atoms with E-state index in [-0.39, 0.29) is 29.7 Å². The number of carbonyl (C=O) groups is 3. The molecule has 0 saturated heterocycles. The summed E-state index contributed by atoms with van der Waals surface area (Å²) < 4.78 is 5.37. The molecule has 8 heteroatoms. The minimum absolute atomic E-state index is 0.0148. The summed E-state index contributed by atoms with van der Waals surface area (Å²) in [5.74, 6) is -0.427. The highest BCUT2D eigenvalue weighted by Crippen LogP contribution is 2.35. The third-order valence-corrected chi connectivity index (χ3v) is 6.63. The van der Waals surface area contributed by atoms with Gasteiger partial charge in [0.25, 0.3) is 0 Å². The Morgan fingerprint density at radius 1 is 1.17 bits per heavy atom. The lowest BCUT2D eigenvalue weighted by Crippen LogP contribution is -2.58. The molecule has 1 aromatic carbocycles. The number of ether oxygens (including phenoxy) is 1. The van der Waals surface area contributed by atoms with Gasteiger partial charge in [0.2, 0.25) is 11.8 Å². The van der Waals surface area contributed by atoms with Crippen LogP contribution >= 0.6 is 12.6 Å². The Morgan fingerprint density at radius 3 is 2.34 bits per heavy atom. The number of aryl methyl sites for hydroxylation is 2. The van der Waals surface area contributed by atoms with Gasteiger partial charge in [0, 0.05) is 17.8 Å². The number of nitrogens with one attached hydrogen (secondary N) is 2. The maximum absolute atomic E-state index is 14.0. The molecule has 3 unspecified atom stereocenters. The first-order valence-electron chi connectivity index (χ1n) is 12.7. The molecule has 1 aromatic rings. The molecule has 0 heterocycles. The number of benzene rings is 1. The van der Waals surface area contributed by atoms with E-state index in [1.54, 1.807) is 25.7 Å². The quantitative estimate of drug-likeness (QED) is 0.397. The monoisotopic (exact) mass is 505 g/mol. The number of nitrogens with zero attached hydrogens (tertiary/aromatic N) is 1. The second-order valence-electron chi connectivity index (χ2n) is 10.7. The maximum Gasteiger partial charge on any atom is 0.408 e. The van der Waals surface area contributed by atoms with Crippen molar-refractivity contribution in [1.82, 2.24) is 15.5 Å². The average Bonchev–Trinajstić information content (AvgIpc) is 2.71. The highest BCUT2D eigenvalue weighted by molar-refractivity contribution is 7.80. The van der Waals surface area contributed by atoms with Crippen molar-refractivity contribution < 1.29 is 19.1 Å². The van der Waals surface area contributed by atoms with Crippen LogP contribution in [-0.2, 0) is 14.3 Å². The number of hydrogen-bond donors (Lipinski definition) is 3. The van der Waals surface area contributed by atoms with Gasteiger partial charge in [-0.05, 0) is 78.4 Å². The summed E-state index contributed by atoms with van der Waals surface area (Å²) in [6.07, 6.45) is 3.74. The summed E-state index contributed by atoms with van der Waals surface area (Å²) in [5.41, 5.74) is 2.07. The zero-order chi connectivity index (χ0) is 26.3. The molecular weight excluding hydrogens is 462 g/mol. The molecule has 3 amide bonds. The van der Waals surface area contributed by atoms with Gasteiger partial charge in [-0.3, -0.25) is 9.59 Å². The number of rotatable bonds is 10. The topological polar surface area (TPSA) is 87.7 Å². The van der Waals surface area contributed by atoms with Crippen LogP contribution in [0, 0.1) is 13.8 Å². The summed E-state index contributed by atoms with van der Waals surface area (Å²) in [6, 6.07) is 4.17. The lowest BCUT2D eigenvalue weighted by Gasteiger charge is -2.44. The molecule has 0 radical (unpaired) electrons. The van der Waals surface area contributed by atoms with Crippen LogP contribution in [-0.4, -0.2) is 52.3 Å². The van der Waals surface area contributed by atoms with Crippen molar-refractivity contribution in [3.05, 3.63) is 34.9 Å². The van der Waals surface area contributed by atoms with Gasteiger partial charge in [-0.15, -0.1) is 0 Å². The summed E-state index contributed by atoms with van der Waals surface area (Å²) in [7, 11) is 0. The first-order chi connectivity index (χ1) is 16.4. The van der Waals surface area contributed by atoms with Crippen molar-refractivity contribution in [3.8, 4) is 0 Å². The van der Waals surface area contributed by atoms with E-state index in [1.165, 1.54) is 0 Å².